The van der Waals surface area contributed by atoms with Crippen LogP contribution in [-0.2, 0) is 0 Å². The maximum absolute atomic E-state index is 6.65. The van der Waals surface area contributed by atoms with Crippen molar-refractivity contribution < 1.29 is 9.31 Å². The highest BCUT2D eigenvalue weighted by Crippen LogP contribution is 2.36. The molecule has 0 radical (unpaired) electrons. The number of nitrogens with zero attached hydrogens (tertiary/aromatic N) is 2. The fourth-order valence-electron chi connectivity index (χ4n) is 2.75. The predicted molar refractivity (Wildman–Crippen MR) is 88.2 cm³/mol. The van der Waals surface area contributed by atoms with E-state index in [0.717, 1.165) is 27.9 Å². The average molecular weight is 310 g/mol. The highest BCUT2D eigenvalue weighted by molar-refractivity contribution is 6.22. The minimum Gasteiger partial charge on any atom is -0.418 e. The summed E-state index contributed by atoms with van der Waals surface area (Å²) in [5.41, 5.74) is 2.81. The number of alkyl halides is 1. The molecular formula is C18H14ClN2O+. The van der Waals surface area contributed by atoms with Crippen LogP contribution in [0.15, 0.2) is 60.8 Å². The van der Waals surface area contributed by atoms with Crippen molar-refractivity contribution in [3.8, 4) is 5.75 Å². The van der Waals surface area contributed by atoms with Crippen LogP contribution in [0.25, 0.3) is 10.9 Å². The zero-order chi connectivity index (χ0) is 15.2. The molecule has 1 unspecified atom stereocenters. The average Bonchev–Trinajstić information content (AvgIpc) is 2.53. The van der Waals surface area contributed by atoms with Crippen molar-refractivity contribution in [3.05, 3.63) is 66.4 Å². The fraction of sp³-hybridized carbons (Fsp3) is 0.111. The van der Waals surface area contributed by atoms with Gasteiger partial charge in [0.1, 0.15) is 11.3 Å². The van der Waals surface area contributed by atoms with Crippen LogP contribution in [0.1, 0.15) is 12.5 Å². The number of hydrogen-bond donors (Lipinski definition) is 0. The molecule has 0 fully saturated rings. The molecule has 1 atom stereocenters. The summed E-state index contributed by atoms with van der Waals surface area (Å²) in [5, 5.41) is 0.0693. The third-order valence-corrected chi connectivity index (χ3v) is 4.04. The number of benzene rings is 2. The van der Waals surface area contributed by atoms with Gasteiger partial charge < -0.3 is 4.74 Å². The van der Waals surface area contributed by atoms with E-state index in [-0.39, 0.29) is 0 Å². The number of pyridine rings is 1. The lowest BCUT2D eigenvalue weighted by atomic mass is 10.1. The number of ether oxygens (including phenoxy) is 1. The summed E-state index contributed by atoms with van der Waals surface area (Å²) in [7, 11) is 0. The van der Waals surface area contributed by atoms with E-state index in [1.165, 1.54) is 0 Å². The number of rotatable bonds is 1. The zero-order valence-corrected chi connectivity index (χ0v) is 12.8. The van der Waals surface area contributed by atoms with E-state index < -0.39 is 5.18 Å². The van der Waals surface area contributed by atoms with Crippen molar-refractivity contribution in [1.29, 1.82) is 0 Å². The van der Waals surface area contributed by atoms with Gasteiger partial charge in [-0.3, -0.25) is 0 Å². The highest BCUT2D eigenvalue weighted by atomic mass is 35.5. The Hall–Kier alpha value is -2.39. The molecule has 22 heavy (non-hydrogen) atoms. The maximum atomic E-state index is 6.65. The highest BCUT2D eigenvalue weighted by Gasteiger charge is 2.42. The largest absolute Gasteiger partial charge is 0.418 e. The first-order valence-electron chi connectivity index (χ1n) is 7.10. The summed E-state index contributed by atoms with van der Waals surface area (Å²) < 4.78 is 7.89. The molecule has 2 aromatic carbocycles. The van der Waals surface area contributed by atoms with Crippen LogP contribution in [0.4, 0.5) is 5.69 Å². The molecule has 0 amide bonds. The topological polar surface area (TPSA) is 25.1 Å². The van der Waals surface area contributed by atoms with E-state index in [9.17, 15) is 0 Å². The van der Waals surface area contributed by atoms with Crippen molar-refractivity contribution >= 4 is 34.4 Å². The smallest absolute Gasteiger partial charge is 0.391 e. The first-order chi connectivity index (χ1) is 10.6. The minimum absolute atomic E-state index is 0.782. The van der Waals surface area contributed by atoms with E-state index in [0.29, 0.717) is 0 Å². The molecule has 0 aliphatic carbocycles. The summed E-state index contributed by atoms with van der Waals surface area (Å²) in [6, 6.07) is 17.9. The normalized spacial score (nSPS) is 20.2. The maximum Gasteiger partial charge on any atom is 0.391 e. The van der Waals surface area contributed by atoms with Crippen molar-refractivity contribution in [1.82, 2.24) is 4.98 Å². The first kappa shape index (κ1) is 13.3. The Balaban J connectivity index is 1.99. The number of aromatic nitrogens is 1. The van der Waals surface area contributed by atoms with Crippen molar-refractivity contribution in [3.63, 3.8) is 0 Å². The summed E-state index contributed by atoms with van der Waals surface area (Å²) in [5.74, 6) is 0.782. The van der Waals surface area contributed by atoms with Crippen LogP contribution in [0.2, 0.25) is 0 Å². The number of halogens is 1. The first-order valence-corrected chi connectivity index (χ1v) is 7.48. The zero-order valence-electron chi connectivity index (χ0n) is 12.0. The molecule has 0 saturated heterocycles. The summed E-state index contributed by atoms with van der Waals surface area (Å²) >= 11 is 6.65. The Bertz CT molecular complexity index is 897. The summed E-state index contributed by atoms with van der Waals surface area (Å²) in [4.78, 5) is 4.50. The molecule has 0 bridgehead atoms. The lowest BCUT2D eigenvalue weighted by Crippen LogP contribution is -2.40. The Morgan fingerprint density at radius 2 is 1.86 bits per heavy atom. The minimum atomic E-state index is -1.000. The molecule has 108 valence electrons. The van der Waals surface area contributed by atoms with Gasteiger partial charge in [-0.1, -0.05) is 30.3 Å². The molecule has 4 heteroatoms. The van der Waals surface area contributed by atoms with Gasteiger partial charge in [0.05, 0.1) is 12.5 Å². The summed E-state index contributed by atoms with van der Waals surface area (Å²) in [6.07, 6.45) is 3.80. The van der Waals surface area contributed by atoms with Crippen LogP contribution in [0.3, 0.4) is 0 Å². The third kappa shape index (κ3) is 2.06. The monoisotopic (exact) mass is 309 g/mol. The molecule has 3 nitrogen and oxygen atoms in total. The van der Waals surface area contributed by atoms with Crippen LogP contribution in [-0.4, -0.2) is 21.0 Å². The lowest BCUT2D eigenvalue weighted by Gasteiger charge is -2.25. The van der Waals surface area contributed by atoms with Gasteiger partial charge in [0.2, 0.25) is 5.69 Å². The van der Waals surface area contributed by atoms with E-state index in [4.69, 9.17) is 16.3 Å². The van der Waals surface area contributed by atoms with Crippen molar-refractivity contribution in [2.24, 2.45) is 0 Å². The van der Waals surface area contributed by atoms with Gasteiger partial charge in [0, 0.05) is 29.3 Å². The standard InChI is InChI=1S/C18H14ClN2O/c1-18(19)21(12-14-6-2-3-10-16(14)22-18)15-9-4-7-13-8-5-11-20-17(13)15/h2-12H,1H3/q+1. The van der Waals surface area contributed by atoms with Crippen LogP contribution >= 0.6 is 11.6 Å². The Labute approximate surface area is 133 Å². The molecule has 1 aromatic heterocycles. The molecule has 0 N–H and O–H groups in total. The molecule has 0 spiro atoms. The lowest BCUT2D eigenvalue weighted by molar-refractivity contribution is -0.544. The quantitative estimate of drug-likeness (QED) is 0.380. The second-order valence-corrected chi connectivity index (χ2v) is 6.06. The molecule has 1 aliphatic rings. The Kier molecular flexibility index (Phi) is 2.91. The molecule has 4 rings (SSSR count). The number of para-hydroxylation sites is 2. The van der Waals surface area contributed by atoms with Crippen LogP contribution in [0, 0.1) is 0 Å². The summed E-state index contributed by atoms with van der Waals surface area (Å²) in [6.45, 7) is 1.84. The molecule has 0 saturated carbocycles. The van der Waals surface area contributed by atoms with Gasteiger partial charge in [-0.05, 0) is 18.2 Å². The molecular weight excluding hydrogens is 296 g/mol. The van der Waals surface area contributed by atoms with Gasteiger partial charge in [-0.15, -0.1) is 4.58 Å². The number of hydrogen-bond acceptors (Lipinski definition) is 2. The SMILES string of the molecule is CC1(Cl)Oc2ccccc2C=[N+]1c1cccc2cccnc12. The molecule has 1 aliphatic heterocycles. The van der Waals surface area contributed by atoms with Gasteiger partial charge in [0.25, 0.3) is 0 Å². The number of fused-ring (bicyclic) bond motifs is 2. The van der Waals surface area contributed by atoms with Gasteiger partial charge in [-0.25, -0.2) is 4.98 Å². The third-order valence-electron chi connectivity index (χ3n) is 3.78. The van der Waals surface area contributed by atoms with Gasteiger partial charge in [-0.2, -0.15) is 0 Å². The van der Waals surface area contributed by atoms with Gasteiger partial charge in [0.15, 0.2) is 6.21 Å². The molecule has 3 aromatic rings. The fourth-order valence-corrected chi connectivity index (χ4v) is 2.97. The Morgan fingerprint density at radius 1 is 1.05 bits per heavy atom. The predicted octanol–water partition coefficient (Wildman–Crippen LogP) is 4.30. The van der Waals surface area contributed by atoms with Crippen molar-refractivity contribution in [2.45, 2.75) is 12.1 Å². The van der Waals surface area contributed by atoms with Crippen molar-refractivity contribution in [2.75, 3.05) is 0 Å². The van der Waals surface area contributed by atoms with E-state index in [1.54, 1.807) is 6.20 Å². The van der Waals surface area contributed by atoms with Gasteiger partial charge >= 0.3 is 5.18 Å². The Morgan fingerprint density at radius 3 is 2.77 bits per heavy atom. The van der Waals surface area contributed by atoms with E-state index in [1.807, 2.05) is 72.3 Å². The second kappa shape index (κ2) is 4.82. The van der Waals surface area contributed by atoms with Crippen LogP contribution in [0.5, 0.6) is 5.75 Å². The van der Waals surface area contributed by atoms with E-state index >= 15 is 0 Å². The second-order valence-electron chi connectivity index (χ2n) is 5.36. The van der Waals surface area contributed by atoms with Crippen LogP contribution < -0.4 is 4.74 Å². The molecule has 2 heterocycles. The van der Waals surface area contributed by atoms with E-state index in [2.05, 4.69) is 4.98 Å².